The van der Waals surface area contributed by atoms with Crippen molar-refractivity contribution in [2.45, 2.75) is 13.8 Å². The van der Waals surface area contributed by atoms with E-state index in [1.807, 2.05) is 32.0 Å². The van der Waals surface area contributed by atoms with E-state index in [4.69, 9.17) is 0 Å². The van der Waals surface area contributed by atoms with Crippen LogP contribution < -0.4 is 10.2 Å². The summed E-state index contributed by atoms with van der Waals surface area (Å²) in [5.74, 6) is -1.43. The van der Waals surface area contributed by atoms with Gasteiger partial charge in [-0.1, -0.05) is 12.1 Å². The summed E-state index contributed by atoms with van der Waals surface area (Å²) in [4.78, 5) is 17.9. The molecule has 1 heterocycles. The SMILES string of the molecule is Cc1cccc(NC(=O)CN(C)c2ccnc3c(F)ccc(F)c23)c1C. The van der Waals surface area contributed by atoms with Gasteiger partial charge in [-0.15, -0.1) is 0 Å². The number of rotatable bonds is 4. The largest absolute Gasteiger partial charge is 0.365 e. The zero-order chi connectivity index (χ0) is 18.8. The summed E-state index contributed by atoms with van der Waals surface area (Å²) in [6.45, 7) is 3.89. The number of aromatic nitrogens is 1. The van der Waals surface area contributed by atoms with Crippen LogP contribution in [0.25, 0.3) is 10.9 Å². The number of fused-ring (bicyclic) bond motifs is 1. The van der Waals surface area contributed by atoms with Gasteiger partial charge in [0.15, 0.2) is 0 Å². The van der Waals surface area contributed by atoms with E-state index in [1.165, 1.54) is 6.20 Å². The fraction of sp³-hybridized carbons (Fsp3) is 0.200. The highest BCUT2D eigenvalue weighted by Crippen LogP contribution is 2.28. The van der Waals surface area contributed by atoms with Crippen molar-refractivity contribution in [3.8, 4) is 0 Å². The second kappa shape index (κ2) is 7.07. The summed E-state index contributed by atoms with van der Waals surface area (Å²) in [7, 11) is 1.65. The molecule has 3 rings (SSSR count). The number of pyridine rings is 1. The lowest BCUT2D eigenvalue weighted by atomic mass is 10.1. The molecule has 26 heavy (non-hydrogen) atoms. The monoisotopic (exact) mass is 355 g/mol. The van der Waals surface area contributed by atoms with Crippen LogP contribution in [0.5, 0.6) is 0 Å². The van der Waals surface area contributed by atoms with E-state index in [-0.39, 0.29) is 23.4 Å². The van der Waals surface area contributed by atoms with Gasteiger partial charge in [-0.25, -0.2) is 8.78 Å². The predicted octanol–water partition coefficient (Wildman–Crippen LogP) is 4.20. The van der Waals surface area contributed by atoms with E-state index in [9.17, 15) is 13.6 Å². The Labute approximate surface area is 150 Å². The molecule has 1 N–H and O–H groups in total. The van der Waals surface area contributed by atoms with Gasteiger partial charge in [-0.3, -0.25) is 9.78 Å². The number of amides is 1. The third-order valence-corrected chi connectivity index (χ3v) is 4.44. The van der Waals surface area contributed by atoms with Crippen molar-refractivity contribution in [3.05, 3.63) is 65.4 Å². The van der Waals surface area contributed by atoms with E-state index < -0.39 is 11.6 Å². The Morgan fingerprint density at radius 2 is 1.85 bits per heavy atom. The summed E-state index contributed by atoms with van der Waals surface area (Å²) in [6.07, 6.45) is 1.40. The fourth-order valence-electron chi connectivity index (χ4n) is 2.87. The number of carbonyl (C=O) groups is 1. The van der Waals surface area contributed by atoms with Crippen LogP contribution in [0.3, 0.4) is 0 Å². The molecule has 3 aromatic rings. The molecule has 0 aliphatic carbocycles. The highest BCUT2D eigenvalue weighted by Gasteiger charge is 2.16. The Morgan fingerprint density at radius 1 is 1.12 bits per heavy atom. The highest BCUT2D eigenvalue weighted by molar-refractivity contribution is 5.98. The zero-order valence-electron chi connectivity index (χ0n) is 14.8. The molecule has 0 bridgehead atoms. The molecule has 0 spiro atoms. The van der Waals surface area contributed by atoms with Crippen molar-refractivity contribution >= 4 is 28.2 Å². The minimum atomic E-state index is -0.600. The van der Waals surface area contributed by atoms with Gasteiger partial charge in [-0.2, -0.15) is 0 Å². The van der Waals surface area contributed by atoms with Crippen molar-refractivity contribution < 1.29 is 13.6 Å². The molecule has 134 valence electrons. The molecule has 0 fully saturated rings. The van der Waals surface area contributed by atoms with Crippen LogP contribution in [-0.2, 0) is 4.79 Å². The maximum Gasteiger partial charge on any atom is 0.243 e. The summed E-state index contributed by atoms with van der Waals surface area (Å²) in [6, 6.07) is 9.34. The summed E-state index contributed by atoms with van der Waals surface area (Å²) in [5, 5.41) is 2.93. The van der Waals surface area contributed by atoms with Crippen molar-refractivity contribution in [3.63, 3.8) is 0 Å². The van der Waals surface area contributed by atoms with Gasteiger partial charge in [0.25, 0.3) is 0 Å². The molecule has 4 nitrogen and oxygen atoms in total. The van der Waals surface area contributed by atoms with E-state index in [1.54, 1.807) is 18.0 Å². The number of likely N-dealkylation sites (N-methyl/N-ethyl adjacent to an activating group) is 1. The first-order valence-corrected chi connectivity index (χ1v) is 8.18. The topological polar surface area (TPSA) is 45.2 Å². The molecule has 0 saturated heterocycles. The van der Waals surface area contributed by atoms with Crippen LogP contribution in [0.4, 0.5) is 20.2 Å². The first kappa shape index (κ1) is 17.8. The van der Waals surface area contributed by atoms with E-state index >= 15 is 0 Å². The Morgan fingerprint density at radius 3 is 2.62 bits per heavy atom. The van der Waals surface area contributed by atoms with E-state index in [0.717, 1.165) is 28.9 Å². The second-order valence-electron chi connectivity index (χ2n) is 6.23. The first-order valence-electron chi connectivity index (χ1n) is 8.18. The number of nitrogens with zero attached hydrogens (tertiary/aromatic N) is 2. The van der Waals surface area contributed by atoms with Crippen molar-refractivity contribution in [2.24, 2.45) is 0 Å². The van der Waals surface area contributed by atoms with Gasteiger partial charge in [0.05, 0.1) is 17.6 Å². The average Bonchev–Trinajstić information content (AvgIpc) is 2.61. The number of hydrogen-bond acceptors (Lipinski definition) is 3. The number of carbonyl (C=O) groups excluding carboxylic acids is 1. The molecular formula is C20H19F2N3O. The Balaban J connectivity index is 1.85. The summed E-state index contributed by atoms with van der Waals surface area (Å²) >= 11 is 0. The molecule has 0 atom stereocenters. The van der Waals surface area contributed by atoms with Crippen molar-refractivity contribution in [1.29, 1.82) is 0 Å². The Hall–Kier alpha value is -3.02. The highest BCUT2D eigenvalue weighted by atomic mass is 19.1. The van der Waals surface area contributed by atoms with Gasteiger partial charge in [0, 0.05) is 18.9 Å². The number of anilines is 2. The minimum Gasteiger partial charge on any atom is -0.365 e. The molecule has 0 radical (unpaired) electrons. The first-order chi connectivity index (χ1) is 12.4. The van der Waals surface area contributed by atoms with Crippen LogP contribution in [-0.4, -0.2) is 24.5 Å². The van der Waals surface area contributed by atoms with Crippen molar-refractivity contribution in [2.75, 3.05) is 23.8 Å². The van der Waals surface area contributed by atoms with Gasteiger partial charge in [0.1, 0.15) is 17.2 Å². The zero-order valence-corrected chi connectivity index (χ0v) is 14.8. The quantitative estimate of drug-likeness (QED) is 0.763. The van der Waals surface area contributed by atoms with Crippen molar-refractivity contribution in [1.82, 2.24) is 4.98 Å². The molecule has 1 aromatic heterocycles. The smallest absolute Gasteiger partial charge is 0.243 e. The maximum absolute atomic E-state index is 14.2. The third kappa shape index (κ3) is 3.35. The lowest BCUT2D eigenvalue weighted by Crippen LogP contribution is -2.30. The summed E-state index contributed by atoms with van der Waals surface area (Å²) in [5.41, 5.74) is 3.16. The second-order valence-corrected chi connectivity index (χ2v) is 6.23. The van der Waals surface area contributed by atoms with Crippen LogP contribution in [0, 0.1) is 25.5 Å². The fourth-order valence-corrected chi connectivity index (χ4v) is 2.87. The summed E-state index contributed by atoms with van der Waals surface area (Å²) < 4.78 is 28.1. The number of halogens is 2. The molecule has 0 saturated carbocycles. The molecule has 0 aliphatic heterocycles. The molecule has 2 aromatic carbocycles. The van der Waals surface area contributed by atoms with Gasteiger partial charge < -0.3 is 10.2 Å². The molecule has 0 aliphatic rings. The van der Waals surface area contributed by atoms with Crippen LogP contribution in [0.15, 0.2) is 42.6 Å². The maximum atomic E-state index is 14.2. The lowest BCUT2D eigenvalue weighted by molar-refractivity contribution is -0.114. The Kier molecular flexibility index (Phi) is 4.84. The van der Waals surface area contributed by atoms with Crippen LogP contribution in [0.2, 0.25) is 0 Å². The number of benzene rings is 2. The number of aryl methyl sites for hydroxylation is 1. The lowest BCUT2D eigenvalue weighted by Gasteiger charge is -2.21. The van der Waals surface area contributed by atoms with Gasteiger partial charge in [0.2, 0.25) is 5.91 Å². The van der Waals surface area contributed by atoms with Crippen LogP contribution >= 0.6 is 0 Å². The third-order valence-electron chi connectivity index (χ3n) is 4.44. The normalized spacial score (nSPS) is 10.8. The molecule has 6 heteroatoms. The van der Waals surface area contributed by atoms with Crippen LogP contribution in [0.1, 0.15) is 11.1 Å². The molecule has 0 unspecified atom stereocenters. The average molecular weight is 355 g/mol. The standard InChI is InChI=1S/C20H19F2N3O/c1-12-5-4-6-16(13(12)2)24-18(26)11-25(3)17-9-10-23-20-15(22)8-7-14(21)19(17)20/h4-10H,11H2,1-3H3,(H,24,26). The van der Waals surface area contributed by atoms with Gasteiger partial charge >= 0.3 is 0 Å². The predicted molar refractivity (Wildman–Crippen MR) is 99.5 cm³/mol. The van der Waals surface area contributed by atoms with E-state index in [2.05, 4.69) is 10.3 Å². The molecule has 1 amide bonds. The van der Waals surface area contributed by atoms with Gasteiger partial charge in [-0.05, 0) is 49.2 Å². The number of hydrogen-bond donors (Lipinski definition) is 1. The molecular weight excluding hydrogens is 336 g/mol. The Bertz CT molecular complexity index is 988. The minimum absolute atomic E-state index is 0.0115. The number of nitrogens with one attached hydrogen (secondary N) is 1. The van der Waals surface area contributed by atoms with E-state index in [0.29, 0.717) is 5.69 Å².